The van der Waals surface area contributed by atoms with Crippen LogP contribution < -0.4 is 5.73 Å². The Balaban J connectivity index is 1.95. The average Bonchev–Trinajstić information content (AvgIpc) is 3.11. The number of hydrogen-bond donors (Lipinski definition) is 2. The van der Waals surface area contributed by atoms with Crippen LogP contribution in [0.2, 0.25) is 0 Å². The molecule has 1 aliphatic rings. The normalized spacial score (nSPS) is 17.3. The largest absolute Gasteiger partial charge is 0.384 e. The van der Waals surface area contributed by atoms with E-state index in [2.05, 4.69) is 15.0 Å². The Labute approximate surface area is 140 Å². The number of aryl methyl sites for hydroxylation is 1. The van der Waals surface area contributed by atoms with Crippen molar-refractivity contribution in [2.45, 2.75) is 39.7 Å². The van der Waals surface area contributed by atoms with Gasteiger partial charge in [-0.25, -0.2) is 9.97 Å². The number of hydrogen-bond acceptors (Lipinski definition) is 5. The van der Waals surface area contributed by atoms with Crippen molar-refractivity contribution in [1.82, 2.24) is 19.9 Å². The Kier molecular flexibility index (Phi) is 4.09. The number of nitrogens with zero attached hydrogens (tertiary/aromatic N) is 3. The molecule has 0 radical (unpaired) electrons. The van der Waals surface area contributed by atoms with Gasteiger partial charge in [0.15, 0.2) is 11.6 Å². The summed E-state index contributed by atoms with van der Waals surface area (Å²) in [5.41, 5.74) is 8.22. The Bertz CT molecular complexity index is 811. The van der Waals surface area contributed by atoms with E-state index in [1.54, 1.807) is 24.1 Å². The summed E-state index contributed by atoms with van der Waals surface area (Å²) in [6.07, 6.45) is 3.29. The number of carbonyl (C=O) groups is 2. The topological polar surface area (TPSA) is 105 Å². The highest BCUT2D eigenvalue weighted by atomic mass is 16.2. The Morgan fingerprint density at radius 3 is 2.75 bits per heavy atom. The summed E-state index contributed by atoms with van der Waals surface area (Å²) in [6, 6.07) is 1.44. The number of H-pyrrole nitrogens is 1. The Morgan fingerprint density at radius 1 is 1.38 bits per heavy atom. The highest BCUT2D eigenvalue weighted by molar-refractivity contribution is 6.02. The number of nitrogens with two attached hydrogens (primary N) is 1. The van der Waals surface area contributed by atoms with E-state index in [0.717, 1.165) is 18.5 Å². The number of aromatic amines is 1. The van der Waals surface area contributed by atoms with Gasteiger partial charge in [0.2, 0.25) is 0 Å². The first-order valence-corrected chi connectivity index (χ1v) is 7.99. The zero-order valence-electron chi connectivity index (χ0n) is 14.1. The van der Waals surface area contributed by atoms with Crippen LogP contribution in [0, 0.1) is 13.8 Å². The van der Waals surface area contributed by atoms with Gasteiger partial charge in [0.05, 0.1) is 6.04 Å². The molecular formula is C17H21N5O2. The molecule has 0 aromatic carbocycles. The van der Waals surface area contributed by atoms with Crippen LogP contribution in [0.4, 0.5) is 5.82 Å². The van der Waals surface area contributed by atoms with Crippen LogP contribution in [0.5, 0.6) is 0 Å². The van der Waals surface area contributed by atoms with Gasteiger partial charge in [-0.05, 0) is 45.2 Å². The molecule has 0 spiro atoms. The van der Waals surface area contributed by atoms with E-state index >= 15 is 0 Å². The summed E-state index contributed by atoms with van der Waals surface area (Å²) in [4.78, 5) is 38.2. The maximum absolute atomic E-state index is 13.0. The van der Waals surface area contributed by atoms with Crippen molar-refractivity contribution in [3.63, 3.8) is 0 Å². The first-order valence-electron chi connectivity index (χ1n) is 7.99. The van der Waals surface area contributed by atoms with Crippen molar-refractivity contribution < 1.29 is 9.59 Å². The van der Waals surface area contributed by atoms with Gasteiger partial charge in [0.1, 0.15) is 11.5 Å². The summed E-state index contributed by atoms with van der Waals surface area (Å²) in [5.74, 6) is 0.785. The lowest BCUT2D eigenvalue weighted by molar-refractivity contribution is 0.0723. The average molecular weight is 327 g/mol. The molecular weight excluding hydrogens is 306 g/mol. The second-order valence-electron chi connectivity index (χ2n) is 6.18. The van der Waals surface area contributed by atoms with Crippen molar-refractivity contribution in [3.8, 4) is 0 Å². The first kappa shape index (κ1) is 16.2. The SMILES string of the molecule is CC(=O)c1c(C)[nH]c(C(=O)N2CCCC2c2nccc(N)n2)c1C. The van der Waals surface area contributed by atoms with Crippen LogP contribution in [-0.2, 0) is 0 Å². The Morgan fingerprint density at radius 2 is 2.12 bits per heavy atom. The molecule has 7 heteroatoms. The Hall–Kier alpha value is -2.70. The molecule has 0 saturated carbocycles. The predicted molar refractivity (Wildman–Crippen MR) is 89.7 cm³/mol. The minimum absolute atomic E-state index is 0.0440. The highest BCUT2D eigenvalue weighted by Crippen LogP contribution is 2.32. The number of nitrogen functional groups attached to an aromatic ring is 1. The molecule has 0 aliphatic carbocycles. The van der Waals surface area contributed by atoms with E-state index < -0.39 is 0 Å². The second kappa shape index (κ2) is 6.07. The number of aromatic nitrogens is 3. The summed E-state index contributed by atoms with van der Waals surface area (Å²) in [5, 5.41) is 0. The summed E-state index contributed by atoms with van der Waals surface area (Å²) in [7, 11) is 0. The van der Waals surface area contributed by atoms with E-state index in [-0.39, 0.29) is 17.7 Å². The van der Waals surface area contributed by atoms with Crippen molar-refractivity contribution in [2.24, 2.45) is 0 Å². The van der Waals surface area contributed by atoms with Crippen molar-refractivity contribution in [2.75, 3.05) is 12.3 Å². The molecule has 1 aliphatic heterocycles. The third kappa shape index (κ3) is 2.66. The molecule has 1 amide bonds. The van der Waals surface area contributed by atoms with Crippen LogP contribution in [0.25, 0.3) is 0 Å². The molecule has 2 aromatic rings. The van der Waals surface area contributed by atoms with Gasteiger partial charge in [-0.2, -0.15) is 0 Å². The molecule has 2 aromatic heterocycles. The fourth-order valence-electron chi connectivity index (χ4n) is 3.46. The summed E-state index contributed by atoms with van der Waals surface area (Å²) in [6.45, 7) is 5.75. The minimum Gasteiger partial charge on any atom is -0.384 e. The van der Waals surface area contributed by atoms with Crippen LogP contribution in [0.15, 0.2) is 12.3 Å². The monoisotopic (exact) mass is 327 g/mol. The molecule has 1 saturated heterocycles. The summed E-state index contributed by atoms with van der Waals surface area (Å²) < 4.78 is 0. The number of rotatable bonds is 3. The van der Waals surface area contributed by atoms with Crippen molar-refractivity contribution >= 4 is 17.5 Å². The van der Waals surface area contributed by atoms with E-state index in [1.807, 2.05) is 6.92 Å². The maximum atomic E-state index is 13.0. The minimum atomic E-state index is -0.190. The van der Waals surface area contributed by atoms with Gasteiger partial charge in [-0.1, -0.05) is 0 Å². The third-order valence-corrected chi connectivity index (χ3v) is 4.51. The zero-order valence-corrected chi connectivity index (χ0v) is 14.1. The first-order chi connectivity index (χ1) is 11.4. The van der Waals surface area contributed by atoms with Gasteiger partial charge < -0.3 is 15.6 Å². The van der Waals surface area contributed by atoms with E-state index in [1.165, 1.54) is 6.92 Å². The van der Waals surface area contributed by atoms with E-state index in [9.17, 15) is 9.59 Å². The number of amides is 1. The predicted octanol–water partition coefficient (Wildman–Crippen LogP) is 2.18. The highest BCUT2D eigenvalue weighted by Gasteiger charge is 2.34. The van der Waals surface area contributed by atoms with Crippen LogP contribution in [0.1, 0.15) is 63.7 Å². The quantitative estimate of drug-likeness (QED) is 0.841. The second-order valence-corrected chi connectivity index (χ2v) is 6.18. The lowest BCUT2D eigenvalue weighted by Gasteiger charge is -2.23. The number of ketones is 1. The van der Waals surface area contributed by atoms with Crippen LogP contribution >= 0.6 is 0 Å². The van der Waals surface area contributed by atoms with Gasteiger partial charge in [-0.15, -0.1) is 0 Å². The molecule has 7 nitrogen and oxygen atoms in total. The molecule has 126 valence electrons. The summed E-state index contributed by atoms with van der Waals surface area (Å²) >= 11 is 0. The van der Waals surface area contributed by atoms with Gasteiger partial charge in [0.25, 0.3) is 5.91 Å². The molecule has 0 bridgehead atoms. The number of anilines is 1. The fraction of sp³-hybridized carbons (Fsp3) is 0.412. The van der Waals surface area contributed by atoms with Crippen molar-refractivity contribution in [3.05, 3.63) is 40.6 Å². The lowest BCUT2D eigenvalue weighted by atomic mass is 10.1. The lowest BCUT2D eigenvalue weighted by Crippen LogP contribution is -2.32. The molecule has 24 heavy (non-hydrogen) atoms. The number of carbonyl (C=O) groups excluding carboxylic acids is 2. The third-order valence-electron chi connectivity index (χ3n) is 4.51. The molecule has 1 atom stereocenters. The number of Topliss-reactive ketones (excluding diaryl/α,β-unsaturated/α-hetero) is 1. The van der Waals surface area contributed by atoms with Crippen LogP contribution in [0.3, 0.4) is 0 Å². The van der Waals surface area contributed by atoms with Gasteiger partial charge in [-0.3, -0.25) is 9.59 Å². The van der Waals surface area contributed by atoms with Crippen molar-refractivity contribution in [1.29, 1.82) is 0 Å². The van der Waals surface area contributed by atoms with E-state index in [0.29, 0.717) is 35.0 Å². The number of nitrogens with one attached hydrogen (secondary N) is 1. The number of likely N-dealkylation sites (tertiary alicyclic amines) is 1. The standard InChI is InChI=1S/C17H21N5O2/c1-9-14(11(3)23)10(2)20-15(9)17(24)22-8-4-5-12(22)16-19-7-6-13(18)21-16/h6-7,12,20H,4-5,8H2,1-3H3,(H2,18,19,21). The molecule has 3 rings (SSSR count). The van der Waals surface area contributed by atoms with Gasteiger partial charge in [0, 0.05) is 24.0 Å². The molecule has 1 fully saturated rings. The fourth-order valence-corrected chi connectivity index (χ4v) is 3.46. The van der Waals surface area contributed by atoms with E-state index in [4.69, 9.17) is 5.73 Å². The van der Waals surface area contributed by atoms with Crippen LogP contribution in [-0.4, -0.2) is 38.1 Å². The molecule has 1 unspecified atom stereocenters. The molecule has 3 N–H and O–H groups in total. The smallest absolute Gasteiger partial charge is 0.271 e. The van der Waals surface area contributed by atoms with Gasteiger partial charge >= 0.3 is 0 Å². The maximum Gasteiger partial charge on any atom is 0.271 e. The zero-order chi connectivity index (χ0) is 17.4. The molecule has 3 heterocycles.